The van der Waals surface area contributed by atoms with Crippen LogP contribution in [0.3, 0.4) is 0 Å². The standard InChI is InChI=1S/C20H32N2O2/c1-17(21-15-10-16-22(2)3)24-19(23)20(13-8-5-9-14-20)18-11-6-4-7-12-18/h4,6-7,11-12,17,21H,5,8-10,13-16H2,1-3H3. The Morgan fingerprint density at radius 1 is 1.21 bits per heavy atom. The maximum Gasteiger partial charge on any atom is 0.318 e. The van der Waals surface area contributed by atoms with Crippen molar-refractivity contribution in [2.24, 2.45) is 0 Å². The highest BCUT2D eigenvalue weighted by Gasteiger charge is 2.43. The smallest absolute Gasteiger partial charge is 0.318 e. The summed E-state index contributed by atoms with van der Waals surface area (Å²) in [7, 11) is 4.13. The van der Waals surface area contributed by atoms with Gasteiger partial charge >= 0.3 is 5.97 Å². The topological polar surface area (TPSA) is 41.6 Å². The Balaban J connectivity index is 1.96. The molecule has 24 heavy (non-hydrogen) atoms. The summed E-state index contributed by atoms with van der Waals surface area (Å²) in [6.07, 6.45) is 5.97. The zero-order valence-electron chi connectivity index (χ0n) is 15.4. The third kappa shape index (κ3) is 5.05. The van der Waals surface area contributed by atoms with Gasteiger partial charge in [-0.15, -0.1) is 0 Å². The molecule has 1 unspecified atom stereocenters. The van der Waals surface area contributed by atoms with Crippen molar-refractivity contribution in [3.05, 3.63) is 35.9 Å². The van der Waals surface area contributed by atoms with Crippen LogP contribution in [0.2, 0.25) is 0 Å². The maximum atomic E-state index is 13.0. The molecular formula is C20H32N2O2. The van der Waals surface area contributed by atoms with E-state index in [9.17, 15) is 4.79 Å². The fourth-order valence-corrected chi connectivity index (χ4v) is 3.54. The van der Waals surface area contributed by atoms with Crippen LogP contribution in [0.15, 0.2) is 30.3 Å². The van der Waals surface area contributed by atoms with Gasteiger partial charge in [0.05, 0.1) is 5.41 Å². The van der Waals surface area contributed by atoms with Crippen molar-refractivity contribution in [3.63, 3.8) is 0 Å². The largest absolute Gasteiger partial charge is 0.446 e. The number of esters is 1. The summed E-state index contributed by atoms with van der Waals surface area (Å²) in [5, 5.41) is 3.31. The Kier molecular flexibility index (Phi) is 7.25. The predicted molar refractivity (Wildman–Crippen MR) is 97.9 cm³/mol. The molecule has 1 aromatic carbocycles. The molecule has 1 aliphatic carbocycles. The molecule has 0 aliphatic heterocycles. The van der Waals surface area contributed by atoms with Crippen LogP contribution in [0, 0.1) is 0 Å². The second-order valence-electron chi connectivity index (χ2n) is 7.17. The van der Waals surface area contributed by atoms with Gasteiger partial charge in [-0.05, 0) is 58.9 Å². The molecular weight excluding hydrogens is 300 g/mol. The number of hydrogen-bond donors (Lipinski definition) is 1. The lowest BCUT2D eigenvalue weighted by Crippen LogP contribution is -2.43. The van der Waals surface area contributed by atoms with E-state index in [0.29, 0.717) is 0 Å². The zero-order valence-corrected chi connectivity index (χ0v) is 15.4. The highest BCUT2D eigenvalue weighted by molar-refractivity contribution is 5.83. The molecule has 0 aromatic heterocycles. The average Bonchev–Trinajstić information content (AvgIpc) is 2.60. The van der Waals surface area contributed by atoms with E-state index in [1.807, 2.05) is 25.1 Å². The predicted octanol–water partition coefficient (Wildman–Crippen LogP) is 3.32. The van der Waals surface area contributed by atoms with Gasteiger partial charge in [-0.25, -0.2) is 0 Å². The van der Waals surface area contributed by atoms with E-state index in [0.717, 1.165) is 50.8 Å². The minimum Gasteiger partial charge on any atom is -0.446 e. The van der Waals surface area contributed by atoms with Gasteiger partial charge in [-0.2, -0.15) is 0 Å². The summed E-state index contributed by atoms with van der Waals surface area (Å²) >= 11 is 0. The van der Waals surface area contributed by atoms with Crippen LogP contribution in [0.4, 0.5) is 0 Å². The first kappa shape index (κ1) is 18.9. The summed E-state index contributed by atoms with van der Waals surface area (Å²) in [5.74, 6) is -0.0685. The SMILES string of the molecule is CC(NCCCN(C)C)OC(=O)C1(c2ccccc2)CCCCC1. The number of carbonyl (C=O) groups excluding carboxylic acids is 1. The molecule has 0 heterocycles. The maximum absolute atomic E-state index is 13.0. The van der Waals surface area contributed by atoms with Gasteiger partial charge in [0.2, 0.25) is 0 Å². The number of benzene rings is 1. The van der Waals surface area contributed by atoms with Gasteiger partial charge in [-0.1, -0.05) is 49.6 Å². The van der Waals surface area contributed by atoms with Gasteiger partial charge in [0, 0.05) is 0 Å². The van der Waals surface area contributed by atoms with E-state index in [1.54, 1.807) is 0 Å². The lowest BCUT2D eigenvalue weighted by atomic mass is 9.69. The van der Waals surface area contributed by atoms with Crippen molar-refractivity contribution in [3.8, 4) is 0 Å². The lowest BCUT2D eigenvalue weighted by molar-refractivity contribution is -0.158. The first-order valence-corrected chi connectivity index (χ1v) is 9.19. The van der Waals surface area contributed by atoms with E-state index >= 15 is 0 Å². The number of ether oxygens (including phenoxy) is 1. The second-order valence-corrected chi connectivity index (χ2v) is 7.17. The summed E-state index contributed by atoms with van der Waals surface area (Å²) in [6, 6.07) is 10.2. The fraction of sp³-hybridized carbons (Fsp3) is 0.650. The third-order valence-corrected chi connectivity index (χ3v) is 4.92. The summed E-state index contributed by atoms with van der Waals surface area (Å²) in [6.45, 7) is 3.81. The molecule has 0 saturated heterocycles. The Labute approximate surface area is 146 Å². The van der Waals surface area contributed by atoms with Crippen molar-refractivity contribution in [1.82, 2.24) is 10.2 Å². The number of nitrogens with zero attached hydrogens (tertiary/aromatic N) is 1. The number of carbonyl (C=O) groups is 1. The van der Waals surface area contributed by atoms with Crippen LogP contribution in [0.1, 0.15) is 51.0 Å². The molecule has 0 radical (unpaired) electrons. The first-order valence-electron chi connectivity index (χ1n) is 9.19. The quantitative estimate of drug-likeness (QED) is 0.450. The van der Waals surface area contributed by atoms with Crippen LogP contribution < -0.4 is 5.32 Å². The summed E-state index contributed by atoms with van der Waals surface area (Å²) in [4.78, 5) is 15.2. The molecule has 4 heteroatoms. The minimum absolute atomic E-state index is 0.0685. The number of rotatable bonds is 8. The lowest BCUT2D eigenvalue weighted by Gasteiger charge is -2.36. The van der Waals surface area contributed by atoms with E-state index in [1.165, 1.54) is 6.42 Å². The Morgan fingerprint density at radius 3 is 2.50 bits per heavy atom. The molecule has 1 atom stereocenters. The van der Waals surface area contributed by atoms with Crippen molar-refractivity contribution < 1.29 is 9.53 Å². The summed E-state index contributed by atoms with van der Waals surface area (Å²) < 4.78 is 5.79. The highest BCUT2D eigenvalue weighted by Crippen LogP contribution is 2.40. The number of hydrogen-bond acceptors (Lipinski definition) is 4. The normalized spacial score (nSPS) is 18.3. The second kappa shape index (κ2) is 9.19. The molecule has 1 aromatic rings. The van der Waals surface area contributed by atoms with E-state index < -0.39 is 5.41 Å². The van der Waals surface area contributed by atoms with Gasteiger partial charge in [0.15, 0.2) is 6.23 Å². The molecule has 0 amide bonds. The molecule has 1 fully saturated rings. The van der Waals surface area contributed by atoms with Crippen molar-refractivity contribution >= 4 is 5.97 Å². The number of nitrogens with one attached hydrogen (secondary N) is 1. The molecule has 1 saturated carbocycles. The summed E-state index contributed by atoms with van der Waals surface area (Å²) in [5.41, 5.74) is 0.647. The average molecular weight is 332 g/mol. The fourth-order valence-electron chi connectivity index (χ4n) is 3.54. The molecule has 134 valence electrons. The molecule has 2 rings (SSSR count). The first-order chi connectivity index (χ1) is 11.5. The highest BCUT2D eigenvalue weighted by atomic mass is 16.6. The van der Waals surface area contributed by atoms with Gasteiger partial charge < -0.3 is 9.64 Å². The Bertz CT molecular complexity index is 496. The van der Waals surface area contributed by atoms with E-state index in [4.69, 9.17) is 4.74 Å². The Hall–Kier alpha value is -1.39. The monoisotopic (exact) mass is 332 g/mol. The van der Waals surface area contributed by atoms with Crippen LogP contribution in [-0.4, -0.2) is 44.3 Å². The van der Waals surface area contributed by atoms with Gasteiger partial charge in [0.1, 0.15) is 0 Å². The van der Waals surface area contributed by atoms with Gasteiger partial charge in [0.25, 0.3) is 0 Å². The van der Waals surface area contributed by atoms with Crippen LogP contribution in [0.5, 0.6) is 0 Å². The third-order valence-electron chi connectivity index (χ3n) is 4.92. The minimum atomic E-state index is -0.459. The van der Waals surface area contributed by atoms with E-state index in [-0.39, 0.29) is 12.2 Å². The molecule has 4 nitrogen and oxygen atoms in total. The van der Waals surface area contributed by atoms with Crippen molar-refractivity contribution in [2.45, 2.75) is 57.1 Å². The van der Waals surface area contributed by atoms with Crippen LogP contribution in [-0.2, 0) is 14.9 Å². The van der Waals surface area contributed by atoms with Crippen molar-refractivity contribution in [2.75, 3.05) is 27.2 Å². The van der Waals surface area contributed by atoms with Crippen molar-refractivity contribution in [1.29, 1.82) is 0 Å². The molecule has 0 bridgehead atoms. The van der Waals surface area contributed by atoms with Crippen LogP contribution in [0.25, 0.3) is 0 Å². The van der Waals surface area contributed by atoms with Crippen LogP contribution >= 0.6 is 0 Å². The zero-order chi connectivity index (χ0) is 17.4. The Morgan fingerprint density at radius 2 is 1.88 bits per heavy atom. The molecule has 1 aliphatic rings. The van der Waals surface area contributed by atoms with Gasteiger partial charge in [-0.3, -0.25) is 10.1 Å². The molecule has 1 N–H and O–H groups in total. The molecule has 0 spiro atoms. The van der Waals surface area contributed by atoms with E-state index in [2.05, 4.69) is 36.4 Å².